The molecular weight excluding hydrogens is 723 g/mol. The zero-order valence-electron chi connectivity index (χ0n) is 36.8. The number of nitrogens with zero attached hydrogens (tertiary/aromatic N) is 1. The van der Waals surface area contributed by atoms with Crippen molar-refractivity contribution in [2.24, 2.45) is 0 Å². The Morgan fingerprint density at radius 2 is 0.883 bits per heavy atom. The molecule has 0 saturated heterocycles. The number of anilines is 3. The van der Waals surface area contributed by atoms with Gasteiger partial charge in [-0.15, -0.1) is 0 Å². The molecule has 0 N–H and O–H groups in total. The van der Waals surface area contributed by atoms with E-state index in [2.05, 4.69) is 140 Å². The predicted octanol–water partition coefficient (Wildman–Crippen LogP) is 15.7. The molecule has 0 unspecified atom stereocenters. The maximum Gasteiger partial charge on any atom is 0.0714 e. The van der Waals surface area contributed by atoms with Crippen molar-refractivity contribution in [3.8, 4) is 44.5 Å². The van der Waals surface area contributed by atoms with Gasteiger partial charge in [0.05, 0.1) is 16.6 Å². The summed E-state index contributed by atoms with van der Waals surface area (Å²) in [6.45, 7) is 0. The van der Waals surface area contributed by atoms with Gasteiger partial charge in [-0.2, -0.15) is 0 Å². The average Bonchev–Trinajstić information content (AvgIpc) is 3.67. The Labute approximate surface area is 357 Å². The normalized spacial score (nSPS) is 13.4. The van der Waals surface area contributed by atoms with Crippen LogP contribution in [0.3, 0.4) is 0 Å². The molecule has 1 heteroatoms. The molecule has 10 aromatic rings. The Morgan fingerprint density at radius 1 is 0.350 bits per heavy atom. The Kier molecular flexibility index (Phi) is 7.76. The number of benzene rings is 10. The third-order valence-electron chi connectivity index (χ3n) is 12.0. The van der Waals surface area contributed by atoms with Gasteiger partial charge in [0.1, 0.15) is 0 Å². The van der Waals surface area contributed by atoms with Gasteiger partial charge in [0, 0.05) is 16.9 Å². The molecule has 11 rings (SSSR count). The monoisotopic (exact) mass is 767 g/mol. The molecule has 0 spiro atoms. The van der Waals surface area contributed by atoms with E-state index in [1.54, 1.807) is 0 Å². The first-order valence-electron chi connectivity index (χ1n) is 22.4. The lowest BCUT2D eigenvalue weighted by Gasteiger charge is -2.34. The summed E-state index contributed by atoms with van der Waals surface area (Å²) in [5.41, 5.74) is 12.4. The molecule has 0 atom stereocenters. The zero-order chi connectivity index (χ0) is 43.4. The van der Waals surface area contributed by atoms with Gasteiger partial charge >= 0.3 is 0 Å². The van der Waals surface area contributed by atoms with E-state index in [1.165, 1.54) is 0 Å². The molecular formula is C59H41N. The molecule has 10 aromatic carbocycles. The summed E-state index contributed by atoms with van der Waals surface area (Å²) in [5, 5.41) is 2.22. The molecule has 0 aromatic heterocycles. The lowest BCUT2D eigenvalue weighted by atomic mass is 9.68. The summed E-state index contributed by atoms with van der Waals surface area (Å²) >= 11 is 0. The van der Waals surface area contributed by atoms with Crippen molar-refractivity contribution in [2.45, 2.75) is 5.41 Å². The fourth-order valence-electron chi connectivity index (χ4n) is 9.36. The smallest absolute Gasteiger partial charge is 0.0714 e. The minimum atomic E-state index is -0.680. The summed E-state index contributed by atoms with van der Waals surface area (Å²) in [7, 11) is 0. The van der Waals surface area contributed by atoms with E-state index in [9.17, 15) is 5.48 Å². The van der Waals surface area contributed by atoms with Crippen LogP contribution in [0.15, 0.2) is 249 Å². The quantitative estimate of drug-likeness (QED) is 0.149. The summed E-state index contributed by atoms with van der Waals surface area (Å²) in [5.74, 6) is 0. The Balaban J connectivity index is 1.16. The van der Waals surface area contributed by atoms with Gasteiger partial charge in [0.2, 0.25) is 0 Å². The topological polar surface area (TPSA) is 3.24 Å². The van der Waals surface area contributed by atoms with E-state index in [-0.39, 0.29) is 35.4 Å². The van der Waals surface area contributed by atoms with E-state index in [0.717, 1.165) is 72.1 Å². The van der Waals surface area contributed by atoms with Crippen molar-refractivity contribution < 1.29 is 5.48 Å². The number of hydrogen-bond acceptors (Lipinski definition) is 1. The van der Waals surface area contributed by atoms with Crippen LogP contribution in [-0.4, -0.2) is 0 Å². The van der Waals surface area contributed by atoms with Gasteiger partial charge in [0.15, 0.2) is 0 Å². The van der Waals surface area contributed by atoms with Crippen LogP contribution in [0.4, 0.5) is 17.1 Å². The van der Waals surface area contributed by atoms with E-state index in [4.69, 9.17) is 0 Å². The van der Waals surface area contributed by atoms with Crippen molar-refractivity contribution in [3.63, 3.8) is 0 Å². The molecule has 0 aliphatic heterocycles. The Hall–Kier alpha value is -7.74. The highest BCUT2D eigenvalue weighted by molar-refractivity contribution is 5.99. The number of hydrogen-bond donors (Lipinski definition) is 0. The molecule has 0 amide bonds. The van der Waals surface area contributed by atoms with Gasteiger partial charge < -0.3 is 4.90 Å². The molecule has 1 aliphatic rings. The SMILES string of the molecule is [2H]c1c([2H])c(N(c2ccc(-c3ccccc3)cc2)c2cccc3c2-c2ccccc2C3(c2ccccc2)c2ccccc2)c([2H])c([2H])c1-c1cccc(-c2cccc3ccccc23)c1. The highest BCUT2D eigenvalue weighted by atomic mass is 15.1. The second-order valence-electron chi connectivity index (χ2n) is 15.3. The van der Waals surface area contributed by atoms with Crippen LogP contribution in [0, 0.1) is 0 Å². The standard InChI is InChI=1S/C59H41N/c1-4-17-42(18-5-1)43-33-37-50(38-34-43)60(51-39-35-44(36-40-51)46-21-14-22-47(41-46)53-29-15-20-45-19-10-11-27-52(45)53)57-32-16-31-56-58(57)54-28-12-13-30-55(54)59(56,48-23-6-2-7-24-48)49-25-8-3-9-26-49/h1-41H/i35D,36D,39D,40D. The number of rotatable bonds is 8. The Bertz CT molecular complexity index is 3290. The molecule has 0 radical (unpaired) electrons. The van der Waals surface area contributed by atoms with Crippen molar-refractivity contribution in [1.29, 1.82) is 0 Å². The van der Waals surface area contributed by atoms with Crippen molar-refractivity contribution in [3.05, 3.63) is 271 Å². The molecule has 1 nitrogen and oxygen atoms in total. The van der Waals surface area contributed by atoms with Crippen molar-refractivity contribution in [1.82, 2.24) is 0 Å². The van der Waals surface area contributed by atoms with Crippen LogP contribution in [0.25, 0.3) is 55.3 Å². The minimum absolute atomic E-state index is 0.104. The maximum atomic E-state index is 9.91. The van der Waals surface area contributed by atoms with Crippen LogP contribution in [0.2, 0.25) is 0 Å². The first-order chi connectivity index (χ1) is 31.4. The highest BCUT2D eigenvalue weighted by Crippen LogP contribution is 2.59. The maximum absolute atomic E-state index is 9.91. The third kappa shape index (κ3) is 5.86. The van der Waals surface area contributed by atoms with Crippen LogP contribution in [-0.2, 0) is 5.41 Å². The average molecular weight is 768 g/mol. The van der Waals surface area contributed by atoms with Gasteiger partial charge in [0.25, 0.3) is 0 Å². The van der Waals surface area contributed by atoms with Crippen molar-refractivity contribution >= 4 is 27.8 Å². The second kappa shape index (κ2) is 14.9. The second-order valence-corrected chi connectivity index (χ2v) is 15.3. The first-order valence-corrected chi connectivity index (χ1v) is 20.4. The van der Waals surface area contributed by atoms with E-state index < -0.39 is 5.41 Å². The molecule has 1 aliphatic carbocycles. The lowest BCUT2D eigenvalue weighted by Crippen LogP contribution is -2.28. The van der Waals surface area contributed by atoms with Gasteiger partial charge in [-0.1, -0.05) is 212 Å². The lowest BCUT2D eigenvalue weighted by molar-refractivity contribution is 0.768. The highest BCUT2D eigenvalue weighted by Gasteiger charge is 2.47. The van der Waals surface area contributed by atoms with E-state index >= 15 is 0 Å². The predicted molar refractivity (Wildman–Crippen MR) is 252 cm³/mol. The van der Waals surface area contributed by atoms with E-state index in [0.29, 0.717) is 11.3 Å². The Morgan fingerprint density at radius 3 is 1.63 bits per heavy atom. The van der Waals surface area contributed by atoms with Crippen LogP contribution in [0.1, 0.15) is 27.7 Å². The molecule has 0 fully saturated rings. The molecule has 60 heavy (non-hydrogen) atoms. The molecule has 0 saturated carbocycles. The van der Waals surface area contributed by atoms with Crippen LogP contribution < -0.4 is 4.90 Å². The molecule has 282 valence electrons. The largest absolute Gasteiger partial charge is 0.310 e. The molecule has 0 heterocycles. The third-order valence-corrected chi connectivity index (χ3v) is 12.0. The first kappa shape index (κ1) is 31.3. The minimum Gasteiger partial charge on any atom is -0.310 e. The fraction of sp³-hybridized carbons (Fsp3) is 0.0169. The number of fused-ring (bicyclic) bond motifs is 4. The van der Waals surface area contributed by atoms with Crippen molar-refractivity contribution in [2.75, 3.05) is 4.90 Å². The molecule has 0 bridgehead atoms. The summed E-state index contributed by atoms with van der Waals surface area (Å²) in [4.78, 5) is 1.95. The van der Waals surface area contributed by atoms with Crippen LogP contribution >= 0.6 is 0 Å². The van der Waals surface area contributed by atoms with Gasteiger partial charge in [-0.05, 0) is 108 Å². The van der Waals surface area contributed by atoms with Gasteiger partial charge in [-0.3, -0.25) is 0 Å². The van der Waals surface area contributed by atoms with Crippen LogP contribution in [0.5, 0.6) is 0 Å². The zero-order valence-corrected chi connectivity index (χ0v) is 32.8. The summed E-state index contributed by atoms with van der Waals surface area (Å²) in [6.07, 6.45) is 0. The van der Waals surface area contributed by atoms with E-state index in [1.807, 2.05) is 89.8 Å². The van der Waals surface area contributed by atoms with Gasteiger partial charge in [-0.25, -0.2) is 0 Å². The summed E-state index contributed by atoms with van der Waals surface area (Å²) in [6, 6.07) is 76.4. The summed E-state index contributed by atoms with van der Waals surface area (Å²) < 4.78 is 39.3. The fourth-order valence-corrected chi connectivity index (χ4v) is 9.36.